The lowest BCUT2D eigenvalue weighted by Gasteiger charge is -2.35. The standard InChI is InChI=1S/C18H34N6O3S.HI/c1-4-22(5-2)10-7-6-9-20-18(19-3)23-11-13-24(14-12-23)28(25,26)16-17-8-15-27-21-17;/h8,15H,4-7,9-14,16H2,1-3H3,(H,19,20);1H. The number of unbranched alkanes of at least 4 members (excludes halogenated alkanes) is 1. The first-order valence-corrected chi connectivity index (χ1v) is 11.7. The molecule has 0 aromatic carbocycles. The number of rotatable bonds is 10. The summed E-state index contributed by atoms with van der Waals surface area (Å²) in [5.41, 5.74) is 0.435. The number of piperazine rings is 1. The molecule has 9 nitrogen and oxygen atoms in total. The van der Waals surface area contributed by atoms with Gasteiger partial charge in [-0.05, 0) is 32.5 Å². The van der Waals surface area contributed by atoms with Crippen LogP contribution < -0.4 is 5.32 Å². The third-order valence-corrected chi connectivity index (χ3v) is 6.86. The second-order valence-corrected chi connectivity index (χ2v) is 8.81. The van der Waals surface area contributed by atoms with Gasteiger partial charge in [-0.15, -0.1) is 24.0 Å². The zero-order valence-corrected chi connectivity index (χ0v) is 20.9. The highest BCUT2D eigenvalue weighted by molar-refractivity contribution is 14.0. The molecule has 1 fully saturated rings. The maximum Gasteiger partial charge on any atom is 0.220 e. The molecule has 1 aliphatic rings. The molecule has 0 radical (unpaired) electrons. The van der Waals surface area contributed by atoms with Crippen molar-refractivity contribution < 1.29 is 12.9 Å². The highest BCUT2D eigenvalue weighted by Gasteiger charge is 2.28. The van der Waals surface area contributed by atoms with Gasteiger partial charge in [0.1, 0.15) is 12.0 Å². The lowest BCUT2D eigenvalue weighted by molar-refractivity contribution is 0.259. The van der Waals surface area contributed by atoms with Crippen molar-refractivity contribution in [2.24, 2.45) is 4.99 Å². The minimum Gasteiger partial charge on any atom is -0.364 e. The van der Waals surface area contributed by atoms with Crippen LogP contribution in [-0.4, -0.2) is 93.0 Å². The van der Waals surface area contributed by atoms with E-state index in [1.807, 2.05) is 0 Å². The van der Waals surface area contributed by atoms with Crippen LogP contribution in [0.2, 0.25) is 0 Å². The molecule has 1 N–H and O–H groups in total. The van der Waals surface area contributed by atoms with E-state index in [1.165, 1.54) is 10.6 Å². The van der Waals surface area contributed by atoms with Gasteiger partial charge in [-0.25, -0.2) is 8.42 Å². The highest BCUT2D eigenvalue weighted by Crippen LogP contribution is 2.12. The summed E-state index contributed by atoms with van der Waals surface area (Å²) < 4.78 is 31.3. The van der Waals surface area contributed by atoms with Gasteiger partial charge in [-0.2, -0.15) is 4.31 Å². The van der Waals surface area contributed by atoms with Crippen LogP contribution in [-0.2, 0) is 15.8 Å². The van der Waals surface area contributed by atoms with Gasteiger partial charge in [0.25, 0.3) is 0 Å². The summed E-state index contributed by atoms with van der Waals surface area (Å²) >= 11 is 0. The summed E-state index contributed by atoms with van der Waals surface area (Å²) in [6.45, 7) is 10.7. The number of guanidine groups is 1. The fourth-order valence-corrected chi connectivity index (χ4v) is 4.73. The van der Waals surface area contributed by atoms with E-state index >= 15 is 0 Å². The van der Waals surface area contributed by atoms with E-state index in [2.05, 4.69) is 39.1 Å². The molecule has 2 rings (SSSR count). The lowest BCUT2D eigenvalue weighted by atomic mass is 10.3. The van der Waals surface area contributed by atoms with Crippen molar-refractivity contribution in [3.8, 4) is 0 Å². The number of nitrogens with one attached hydrogen (secondary N) is 1. The van der Waals surface area contributed by atoms with Crippen LogP contribution in [0, 0.1) is 0 Å². The number of hydrogen-bond donors (Lipinski definition) is 1. The number of aromatic nitrogens is 1. The van der Waals surface area contributed by atoms with Crippen LogP contribution in [0.5, 0.6) is 0 Å². The van der Waals surface area contributed by atoms with Crippen molar-refractivity contribution in [1.29, 1.82) is 0 Å². The van der Waals surface area contributed by atoms with Crippen molar-refractivity contribution >= 4 is 40.0 Å². The number of nitrogens with zero attached hydrogens (tertiary/aromatic N) is 5. The van der Waals surface area contributed by atoms with Crippen LogP contribution >= 0.6 is 24.0 Å². The molecule has 1 aromatic rings. The predicted octanol–water partition coefficient (Wildman–Crippen LogP) is 1.44. The molecule has 1 aliphatic heterocycles. The predicted molar refractivity (Wildman–Crippen MR) is 126 cm³/mol. The first-order valence-electron chi connectivity index (χ1n) is 10.0. The molecule has 0 bridgehead atoms. The largest absolute Gasteiger partial charge is 0.364 e. The van der Waals surface area contributed by atoms with Gasteiger partial charge in [0.05, 0.1) is 5.69 Å². The van der Waals surface area contributed by atoms with Crippen molar-refractivity contribution in [1.82, 2.24) is 24.6 Å². The molecule has 2 heterocycles. The SMILES string of the molecule is CCN(CC)CCCCNC(=NC)N1CCN(S(=O)(=O)Cc2ccon2)CC1.I. The maximum absolute atomic E-state index is 12.5. The Morgan fingerprint density at radius 3 is 2.48 bits per heavy atom. The first kappa shape index (κ1) is 26.1. The molecular weight excluding hydrogens is 507 g/mol. The van der Waals surface area contributed by atoms with E-state index < -0.39 is 10.0 Å². The first-order chi connectivity index (χ1) is 13.5. The van der Waals surface area contributed by atoms with Crippen LogP contribution in [0.15, 0.2) is 21.8 Å². The van der Waals surface area contributed by atoms with Crippen molar-refractivity contribution in [3.63, 3.8) is 0 Å². The van der Waals surface area contributed by atoms with Gasteiger partial charge in [0.2, 0.25) is 10.0 Å². The van der Waals surface area contributed by atoms with E-state index in [-0.39, 0.29) is 29.7 Å². The van der Waals surface area contributed by atoms with Gasteiger partial charge < -0.3 is 19.6 Å². The van der Waals surface area contributed by atoms with Crippen LogP contribution in [0.4, 0.5) is 0 Å². The van der Waals surface area contributed by atoms with E-state index in [4.69, 9.17) is 4.52 Å². The molecule has 11 heteroatoms. The van der Waals surface area contributed by atoms with E-state index in [0.29, 0.717) is 31.9 Å². The minimum absolute atomic E-state index is 0. The Hall–Kier alpha value is -0.920. The second-order valence-electron chi connectivity index (χ2n) is 6.84. The fraction of sp³-hybridized carbons (Fsp3) is 0.778. The van der Waals surface area contributed by atoms with E-state index in [9.17, 15) is 8.42 Å². The fourth-order valence-electron chi connectivity index (χ4n) is 3.30. The minimum atomic E-state index is -3.38. The normalized spacial score (nSPS) is 16.1. The molecule has 0 spiro atoms. The quantitative estimate of drug-likeness (QED) is 0.207. The summed E-state index contributed by atoms with van der Waals surface area (Å²) in [4.78, 5) is 8.90. The third-order valence-electron chi connectivity index (χ3n) is 5.04. The van der Waals surface area contributed by atoms with Gasteiger partial charge in [0, 0.05) is 45.8 Å². The van der Waals surface area contributed by atoms with Gasteiger partial charge in [-0.1, -0.05) is 19.0 Å². The maximum atomic E-state index is 12.5. The van der Waals surface area contributed by atoms with Crippen molar-refractivity contribution in [3.05, 3.63) is 18.0 Å². The summed E-state index contributed by atoms with van der Waals surface area (Å²) in [5.74, 6) is 0.722. The Balaban J connectivity index is 0.00000420. The monoisotopic (exact) mass is 542 g/mol. The zero-order chi connectivity index (χ0) is 20.4. The number of halogens is 1. The molecule has 168 valence electrons. The molecular formula is C18H35IN6O3S. The second kappa shape index (κ2) is 13.4. The van der Waals surface area contributed by atoms with Crippen molar-refractivity contribution in [2.75, 3.05) is 59.4 Å². The number of aliphatic imine (C=N–C) groups is 1. The smallest absolute Gasteiger partial charge is 0.220 e. The average molecular weight is 542 g/mol. The summed E-state index contributed by atoms with van der Waals surface area (Å²) in [6, 6.07) is 1.58. The summed E-state index contributed by atoms with van der Waals surface area (Å²) in [6.07, 6.45) is 3.63. The van der Waals surface area contributed by atoms with Gasteiger partial charge in [0.15, 0.2) is 5.96 Å². The Morgan fingerprint density at radius 2 is 1.93 bits per heavy atom. The van der Waals surface area contributed by atoms with Gasteiger partial charge >= 0.3 is 0 Å². The molecule has 0 saturated carbocycles. The van der Waals surface area contributed by atoms with Crippen LogP contribution in [0.3, 0.4) is 0 Å². The number of sulfonamides is 1. The zero-order valence-electron chi connectivity index (χ0n) is 17.7. The Bertz CT molecular complexity index is 686. The average Bonchev–Trinajstić information content (AvgIpc) is 3.20. The molecule has 1 saturated heterocycles. The Morgan fingerprint density at radius 1 is 1.24 bits per heavy atom. The molecule has 0 atom stereocenters. The Labute approximate surface area is 191 Å². The van der Waals surface area contributed by atoms with Crippen molar-refractivity contribution in [2.45, 2.75) is 32.4 Å². The molecule has 0 unspecified atom stereocenters. The van der Waals surface area contributed by atoms with Gasteiger partial charge in [-0.3, -0.25) is 4.99 Å². The highest BCUT2D eigenvalue weighted by atomic mass is 127. The molecule has 0 aliphatic carbocycles. The van der Waals surface area contributed by atoms with Crippen LogP contribution in [0.25, 0.3) is 0 Å². The molecule has 29 heavy (non-hydrogen) atoms. The topological polar surface area (TPSA) is 94.3 Å². The molecule has 0 amide bonds. The lowest BCUT2D eigenvalue weighted by Crippen LogP contribution is -2.54. The van der Waals surface area contributed by atoms with E-state index in [0.717, 1.165) is 45.0 Å². The number of hydrogen-bond acceptors (Lipinski definition) is 6. The summed E-state index contributed by atoms with van der Waals surface area (Å²) in [7, 11) is -1.61. The molecule has 1 aromatic heterocycles. The van der Waals surface area contributed by atoms with Crippen LogP contribution in [0.1, 0.15) is 32.4 Å². The third kappa shape index (κ3) is 8.38. The Kier molecular flexibility index (Phi) is 12.1. The summed E-state index contributed by atoms with van der Waals surface area (Å²) in [5, 5.41) is 7.11. The van der Waals surface area contributed by atoms with E-state index in [1.54, 1.807) is 13.1 Å².